The van der Waals surface area contributed by atoms with Crippen molar-refractivity contribution in [1.29, 1.82) is 0 Å². The van der Waals surface area contributed by atoms with Gasteiger partial charge in [0.15, 0.2) is 11.5 Å². The fraction of sp³-hybridized carbons (Fsp3) is 0.370. The molecule has 4 rings (SSSR count). The highest BCUT2D eigenvalue weighted by Gasteiger charge is 2.23. The maximum Gasteiger partial charge on any atom is 0.161 e. The van der Waals surface area contributed by atoms with Crippen LogP contribution in [0.5, 0.6) is 11.5 Å². The van der Waals surface area contributed by atoms with Crippen molar-refractivity contribution in [2.45, 2.75) is 32.4 Å². The summed E-state index contributed by atoms with van der Waals surface area (Å²) in [5.41, 5.74) is 3.49. The average Bonchev–Trinajstić information content (AvgIpc) is 3.13. The summed E-state index contributed by atoms with van der Waals surface area (Å²) in [5.74, 6) is 1.59. The lowest BCUT2D eigenvalue weighted by atomic mass is 9.98. The minimum atomic E-state index is 0.243. The van der Waals surface area contributed by atoms with Crippen molar-refractivity contribution in [2.24, 2.45) is 0 Å². The fourth-order valence-corrected chi connectivity index (χ4v) is 4.21. The summed E-state index contributed by atoms with van der Waals surface area (Å²) in [4.78, 5) is 7.18. The van der Waals surface area contributed by atoms with Crippen molar-refractivity contribution in [3.63, 3.8) is 0 Å². The van der Waals surface area contributed by atoms with Crippen LogP contribution in [0.2, 0.25) is 0 Å². The van der Waals surface area contributed by atoms with Crippen molar-refractivity contribution in [3.8, 4) is 11.5 Å². The molecule has 168 valence electrons. The fourth-order valence-electron chi connectivity index (χ4n) is 4.21. The Bertz CT molecular complexity index is 942. The Labute approximate surface area is 191 Å². The molecule has 1 aliphatic rings. The summed E-state index contributed by atoms with van der Waals surface area (Å²) >= 11 is 0. The van der Waals surface area contributed by atoms with E-state index < -0.39 is 0 Å². The molecule has 5 heteroatoms. The maximum absolute atomic E-state index is 6.13. The first-order valence-corrected chi connectivity index (χ1v) is 11.6. The topological polar surface area (TPSA) is 46.6 Å². The van der Waals surface area contributed by atoms with Gasteiger partial charge in [0.25, 0.3) is 0 Å². The van der Waals surface area contributed by atoms with Crippen LogP contribution in [0, 0.1) is 0 Å². The van der Waals surface area contributed by atoms with E-state index in [1.165, 1.54) is 5.56 Å². The second-order valence-corrected chi connectivity index (χ2v) is 8.09. The average molecular weight is 432 g/mol. The smallest absolute Gasteiger partial charge is 0.161 e. The molecule has 1 unspecified atom stereocenters. The highest BCUT2D eigenvalue weighted by molar-refractivity contribution is 5.44. The van der Waals surface area contributed by atoms with Gasteiger partial charge in [-0.2, -0.15) is 0 Å². The number of rotatable bonds is 9. The number of benzene rings is 2. The van der Waals surface area contributed by atoms with Gasteiger partial charge in [-0.3, -0.25) is 9.88 Å². The van der Waals surface area contributed by atoms with Gasteiger partial charge in [0, 0.05) is 44.0 Å². The summed E-state index contributed by atoms with van der Waals surface area (Å²) in [6, 6.07) is 23.0. The zero-order chi connectivity index (χ0) is 22.0. The first-order chi connectivity index (χ1) is 15.8. The summed E-state index contributed by atoms with van der Waals surface area (Å²) in [5, 5.41) is 3.52. The predicted octanol–water partition coefficient (Wildman–Crippen LogP) is 4.64. The normalized spacial score (nSPS) is 15.7. The van der Waals surface area contributed by atoms with E-state index >= 15 is 0 Å². The second-order valence-electron chi connectivity index (χ2n) is 8.09. The molecule has 1 atom stereocenters. The number of pyridine rings is 1. The lowest BCUT2D eigenvalue weighted by Gasteiger charge is -2.31. The van der Waals surface area contributed by atoms with Gasteiger partial charge in [0.1, 0.15) is 6.61 Å². The summed E-state index contributed by atoms with van der Waals surface area (Å²) in [7, 11) is 0. The molecule has 1 saturated heterocycles. The molecule has 5 nitrogen and oxygen atoms in total. The van der Waals surface area contributed by atoms with Gasteiger partial charge < -0.3 is 14.8 Å². The molecule has 1 N–H and O–H groups in total. The van der Waals surface area contributed by atoms with Crippen LogP contribution in [0.15, 0.2) is 72.9 Å². The molecule has 32 heavy (non-hydrogen) atoms. The first kappa shape index (κ1) is 22.3. The number of nitrogens with zero attached hydrogens (tertiary/aromatic N) is 2. The van der Waals surface area contributed by atoms with E-state index in [0.717, 1.165) is 61.8 Å². The van der Waals surface area contributed by atoms with Crippen molar-refractivity contribution >= 4 is 0 Å². The van der Waals surface area contributed by atoms with Gasteiger partial charge in [-0.05, 0) is 55.3 Å². The molecule has 0 spiro atoms. The quantitative estimate of drug-likeness (QED) is 0.535. The molecule has 1 aliphatic heterocycles. The van der Waals surface area contributed by atoms with Crippen molar-refractivity contribution in [2.75, 3.05) is 32.8 Å². The molecule has 0 bridgehead atoms. The highest BCUT2D eigenvalue weighted by atomic mass is 16.5. The van der Waals surface area contributed by atoms with E-state index in [1.54, 1.807) is 0 Å². The Hall–Kier alpha value is -2.89. The highest BCUT2D eigenvalue weighted by Crippen LogP contribution is 2.34. The Morgan fingerprint density at radius 2 is 1.81 bits per heavy atom. The molecular weight excluding hydrogens is 398 g/mol. The zero-order valence-corrected chi connectivity index (χ0v) is 18.9. The van der Waals surface area contributed by atoms with Crippen molar-refractivity contribution < 1.29 is 9.47 Å². The molecule has 1 fully saturated rings. The standard InChI is InChI=1S/C27H33N3O2/c1-2-31-27-19-23(12-13-26(27)32-21-22-9-4-3-5-10-22)25(20-24-11-6-7-15-29-24)30-17-8-14-28-16-18-30/h3-7,9-13,15,19,25,28H,2,8,14,16-18,20-21H2,1H3. The number of nitrogens with one attached hydrogen (secondary N) is 1. The largest absolute Gasteiger partial charge is 0.490 e. The Morgan fingerprint density at radius 3 is 2.62 bits per heavy atom. The van der Waals surface area contributed by atoms with Gasteiger partial charge in [0.05, 0.1) is 6.61 Å². The Morgan fingerprint density at radius 1 is 0.938 bits per heavy atom. The molecule has 1 aromatic heterocycles. The second kappa shape index (κ2) is 11.7. The van der Waals surface area contributed by atoms with Crippen LogP contribution in [0.25, 0.3) is 0 Å². The number of hydrogen-bond donors (Lipinski definition) is 1. The Balaban J connectivity index is 1.59. The SMILES string of the molecule is CCOc1cc(C(Cc2ccccn2)N2CCCNCC2)ccc1OCc1ccccc1. The third kappa shape index (κ3) is 6.09. The molecule has 2 aromatic carbocycles. The van der Waals surface area contributed by atoms with E-state index in [9.17, 15) is 0 Å². The summed E-state index contributed by atoms with van der Waals surface area (Å²) in [6.07, 6.45) is 3.90. The summed E-state index contributed by atoms with van der Waals surface area (Å²) < 4.78 is 12.1. The van der Waals surface area contributed by atoms with E-state index in [2.05, 4.69) is 57.7 Å². The lowest BCUT2D eigenvalue weighted by molar-refractivity contribution is 0.207. The van der Waals surface area contributed by atoms with Gasteiger partial charge >= 0.3 is 0 Å². The van der Waals surface area contributed by atoms with Gasteiger partial charge in [-0.15, -0.1) is 0 Å². The molecule has 0 radical (unpaired) electrons. The van der Waals surface area contributed by atoms with Crippen LogP contribution >= 0.6 is 0 Å². The van der Waals surface area contributed by atoms with Gasteiger partial charge in [0.2, 0.25) is 0 Å². The lowest BCUT2D eigenvalue weighted by Crippen LogP contribution is -2.33. The van der Waals surface area contributed by atoms with E-state index in [4.69, 9.17) is 9.47 Å². The van der Waals surface area contributed by atoms with E-state index in [1.807, 2.05) is 37.4 Å². The van der Waals surface area contributed by atoms with Crippen molar-refractivity contribution in [1.82, 2.24) is 15.2 Å². The van der Waals surface area contributed by atoms with Gasteiger partial charge in [-0.25, -0.2) is 0 Å². The minimum absolute atomic E-state index is 0.243. The van der Waals surface area contributed by atoms with Crippen LogP contribution in [0.3, 0.4) is 0 Å². The molecular formula is C27H33N3O2. The van der Waals surface area contributed by atoms with Gasteiger partial charge in [-0.1, -0.05) is 42.5 Å². The van der Waals surface area contributed by atoms with Crippen LogP contribution < -0.4 is 14.8 Å². The molecule has 0 aliphatic carbocycles. The number of aromatic nitrogens is 1. The maximum atomic E-state index is 6.13. The first-order valence-electron chi connectivity index (χ1n) is 11.6. The molecule has 0 amide bonds. The zero-order valence-electron chi connectivity index (χ0n) is 18.9. The monoisotopic (exact) mass is 431 g/mol. The van der Waals surface area contributed by atoms with E-state index in [0.29, 0.717) is 13.2 Å². The van der Waals surface area contributed by atoms with Crippen LogP contribution in [-0.4, -0.2) is 42.7 Å². The number of ether oxygens (including phenoxy) is 2. The molecule has 2 heterocycles. The Kier molecular flexibility index (Phi) is 8.12. The third-order valence-electron chi connectivity index (χ3n) is 5.83. The molecule has 0 saturated carbocycles. The number of hydrogen-bond acceptors (Lipinski definition) is 5. The van der Waals surface area contributed by atoms with E-state index in [-0.39, 0.29) is 6.04 Å². The van der Waals surface area contributed by atoms with Crippen LogP contribution in [0.1, 0.15) is 36.2 Å². The third-order valence-corrected chi connectivity index (χ3v) is 5.83. The molecule has 3 aromatic rings. The summed E-state index contributed by atoms with van der Waals surface area (Å²) in [6.45, 7) is 7.31. The van der Waals surface area contributed by atoms with Crippen molar-refractivity contribution in [3.05, 3.63) is 89.7 Å². The minimum Gasteiger partial charge on any atom is -0.490 e. The van der Waals surface area contributed by atoms with Crippen LogP contribution in [-0.2, 0) is 13.0 Å². The van der Waals surface area contributed by atoms with Crippen LogP contribution in [0.4, 0.5) is 0 Å². The predicted molar refractivity (Wildman–Crippen MR) is 128 cm³/mol.